The van der Waals surface area contributed by atoms with Gasteiger partial charge in [-0.2, -0.15) is 4.98 Å². The number of rotatable bonds is 2. The van der Waals surface area contributed by atoms with Gasteiger partial charge in [0.05, 0.1) is 12.1 Å². The molecule has 1 heterocycles. The second-order valence-electron chi connectivity index (χ2n) is 2.89. The molecule has 0 N–H and O–H groups in total. The molecule has 1 aromatic heterocycles. The minimum Gasteiger partial charge on any atom is -0.462 e. The molecule has 6 heteroatoms. The Labute approximate surface area is 96.0 Å². The van der Waals surface area contributed by atoms with Crippen LogP contribution in [0.3, 0.4) is 0 Å². The molecule has 0 bridgehead atoms. The number of ether oxygens (including phenoxy) is 1. The van der Waals surface area contributed by atoms with Gasteiger partial charge in [0.25, 0.3) is 0 Å². The Balaban J connectivity index is 2.39. The molecule has 2 rings (SSSR count). The molecule has 0 aliphatic heterocycles. The highest BCUT2D eigenvalue weighted by molar-refractivity contribution is 6.33. The average Bonchev–Trinajstić information content (AvgIpc) is 2.78. The molecule has 0 fully saturated rings. The van der Waals surface area contributed by atoms with E-state index in [0.717, 1.165) is 0 Å². The number of carbonyl (C=O) groups excluding carboxylic acids is 1. The van der Waals surface area contributed by atoms with Gasteiger partial charge in [-0.1, -0.05) is 28.9 Å². The number of methoxy groups -OCH3 is 1. The molecule has 0 saturated carbocycles. The summed E-state index contributed by atoms with van der Waals surface area (Å²) < 4.78 is 9.18. The summed E-state index contributed by atoms with van der Waals surface area (Å²) in [6.07, 6.45) is 0. The molecule has 0 atom stereocenters. The van der Waals surface area contributed by atoms with E-state index in [1.54, 1.807) is 24.3 Å². The fourth-order valence-electron chi connectivity index (χ4n) is 1.15. The molecule has 2 aromatic rings. The fourth-order valence-corrected chi connectivity index (χ4v) is 1.37. The number of hydrogen-bond donors (Lipinski definition) is 0. The second kappa shape index (κ2) is 4.32. The zero-order valence-corrected chi connectivity index (χ0v) is 9.06. The number of nitrogens with zero attached hydrogens (tertiary/aromatic N) is 2. The van der Waals surface area contributed by atoms with Crippen molar-refractivity contribution in [3.8, 4) is 11.4 Å². The third-order valence-corrected chi connectivity index (χ3v) is 2.23. The standard InChI is InChI=1S/C10H7ClN2O3/c1-15-10(14)9-12-8(13-16-9)6-4-2-3-5-7(6)11/h2-5H,1H3. The van der Waals surface area contributed by atoms with Crippen LogP contribution in [0.5, 0.6) is 0 Å². The van der Waals surface area contributed by atoms with E-state index in [1.165, 1.54) is 7.11 Å². The Kier molecular flexibility index (Phi) is 2.87. The summed E-state index contributed by atoms with van der Waals surface area (Å²) in [7, 11) is 1.24. The van der Waals surface area contributed by atoms with Gasteiger partial charge in [0.15, 0.2) is 0 Å². The molecule has 0 amide bonds. The van der Waals surface area contributed by atoms with Gasteiger partial charge in [0, 0.05) is 5.56 Å². The smallest absolute Gasteiger partial charge is 0.397 e. The van der Waals surface area contributed by atoms with Crippen molar-refractivity contribution in [3.63, 3.8) is 0 Å². The number of carbonyl (C=O) groups is 1. The van der Waals surface area contributed by atoms with Crippen molar-refractivity contribution in [2.45, 2.75) is 0 Å². The normalized spacial score (nSPS) is 10.1. The van der Waals surface area contributed by atoms with Gasteiger partial charge in [-0.05, 0) is 12.1 Å². The summed E-state index contributed by atoms with van der Waals surface area (Å²) >= 11 is 5.94. The van der Waals surface area contributed by atoms with Crippen LogP contribution in [0.2, 0.25) is 5.02 Å². The van der Waals surface area contributed by atoms with Gasteiger partial charge in [0.1, 0.15) is 0 Å². The van der Waals surface area contributed by atoms with Crippen LogP contribution in [0.25, 0.3) is 11.4 Å². The van der Waals surface area contributed by atoms with Gasteiger partial charge in [-0.3, -0.25) is 0 Å². The molecule has 1 aromatic carbocycles. The van der Waals surface area contributed by atoms with E-state index in [4.69, 9.17) is 16.1 Å². The molecule has 0 aliphatic rings. The van der Waals surface area contributed by atoms with E-state index in [9.17, 15) is 4.79 Å². The maximum absolute atomic E-state index is 11.1. The van der Waals surface area contributed by atoms with Crippen LogP contribution in [0.1, 0.15) is 10.7 Å². The van der Waals surface area contributed by atoms with Gasteiger partial charge in [-0.15, -0.1) is 0 Å². The summed E-state index contributed by atoms with van der Waals surface area (Å²) in [5.41, 5.74) is 0.600. The number of aromatic nitrogens is 2. The van der Waals surface area contributed by atoms with Crippen LogP contribution in [0, 0.1) is 0 Å². The highest BCUT2D eigenvalue weighted by Gasteiger charge is 2.17. The van der Waals surface area contributed by atoms with E-state index in [1.807, 2.05) is 0 Å². The first-order valence-corrected chi connectivity index (χ1v) is 4.77. The van der Waals surface area contributed by atoms with Crippen LogP contribution >= 0.6 is 11.6 Å². The summed E-state index contributed by atoms with van der Waals surface area (Å²) in [4.78, 5) is 15.0. The van der Waals surface area contributed by atoms with Gasteiger partial charge in [-0.25, -0.2) is 4.79 Å². The highest BCUT2D eigenvalue weighted by Crippen LogP contribution is 2.24. The first kappa shape index (κ1) is 10.6. The molecular formula is C10H7ClN2O3. The monoisotopic (exact) mass is 238 g/mol. The summed E-state index contributed by atoms with van der Waals surface area (Å²) in [6.45, 7) is 0. The van der Waals surface area contributed by atoms with Crippen LogP contribution < -0.4 is 0 Å². The second-order valence-corrected chi connectivity index (χ2v) is 3.30. The Hall–Kier alpha value is -1.88. The van der Waals surface area contributed by atoms with Crippen LogP contribution in [-0.2, 0) is 4.74 Å². The van der Waals surface area contributed by atoms with Crippen molar-refractivity contribution in [1.82, 2.24) is 10.1 Å². The Morgan fingerprint density at radius 1 is 1.44 bits per heavy atom. The molecule has 0 unspecified atom stereocenters. The lowest BCUT2D eigenvalue weighted by Gasteiger charge is -1.95. The molecule has 16 heavy (non-hydrogen) atoms. The minimum absolute atomic E-state index is 0.197. The van der Waals surface area contributed by atoms with E-state index in [0.29, 0.717) is 10.6 Å². The highest BCUT2D eigenvalue weighted by atomic mass is 35.5. The quantitative estimate of drug-likeness (QED) is 0.751. The predicted molar refractivity (Wildman–Crippen MR) is 56.1 cm³/mol. The van der Waals surface area contributed by atoms with E-state index >= 15 is 0 Å². The predicted octanol–water partition coefficient (Wildman–Crippen LogP) is 2.18. The number of benzene rings is 1. The van der Waals surface area contributed by atoms with Gasteiger partial charge >= 0.3 is 11.9 Å². The van der Waals surface area contributed by atoms with Crippen molar-refractivity contribution in [2.75, 3.05) is 7.11 Å². The third-order valence-electron chi connectivity index (χ3n) is 1.90. The van der Waals surface area contributed by atoms with Crippen LogP contribution in [0.15, 0.2) is 28.8 Å². The van der Waals surface area contributed by atoms with Gasteiger partial charge < -0.3 is 9.26 Å². The van der Waals surface area contributed by atoms with Crippen molar-refractivity contribution >= 4 is 17.6 Å². The summed E-state index contributed by atoms with van der Waals surface area (Å²) in [6, 6.07) is 7.00. The Morgan fingerprint density at radius 3 is 2.88 bits per heavy atom. The van der Waals surface area contributed by atoms with E-state index in [-0.39, 0.29) is 11.7 Å². The van der Waals surface area contributed by atoms with E-state index in [2.05, 4.69) is 14.9 Å². The molecule has 0 radical (unpaired) electrons. The first-order valence-electron chi connectivity index (χ1n) is 4.39. The zero-order chi connectivity index (χ0) is 11.5. The summed E-state index contributed by atoms with van der Waals surface area (Å²) in [5.74, 6) is -0.616. The van der Waals surface area contributed by atoms with Crippen molar-refractivity contribution in [2.24, 2.45) is 0 Å². The summed E-state index contributed by atoms with van der Waals surface area (Å²) in [5, 5.41) is 4.13. The Morgan fingerprint density at radius 2 is 2.19 bits per heavy atom. The maximum Gasteiger partial charge on any atom is 0.397 e. The fraction of sp³-hybridized carbons (Fsp3) is 0.100. The van der Waals surface area contributed by atoms with Crippen molar-refractivity contribution < 1.29 is 14.1 Å². The topological polar surface area (TPSA) is 65.2 Å². The van der Waals surface area contributed by atoms with E-state index < -0.39 is 5.97 Å². The third kappa shape index (κ3) is 1.90. The molecule has 0 spiro atoms. The number of hydrogen-bond acceptors (Lipinski definition) is 5. The number of esters is 1. The lowest BCUT2D eigenvalue weighted by Crippen LogP contribution is -2.00. The molecule has 82 valence electrons. The minimum atomic E-state index is -0.675. The molecular weight excluding hydrogens is 232 g/mol. The van der Waals surface area contributed by atoms with Crippen molar-refractivity contribution in [1.29, 1.82) is 0 Å². The lowest BCUT2D eigenvalue weighted by atomic mass is 10.2. The van der Waals surface area contributed by atoms with Crippen molar-refractivity contribution in [3.05, 3.63) is 35.2 Å². The SMILES string of the molecule is COC(=O)c1nc(-c2ccccc2Cl)no1. The van der Waals surface area contributed by atoms with Gasteiger partial charge in [0.2, 0.25) is 5.82 Å². The van der Waals surface area contributed by atoms with Crippen LogP contribution in [-0.4, -0.2) is 23.2 Å². The Bertz CT molecular complexity index is 524. The molecule has 0 saturated heterocycles. The number of halogens is 1. The largest absolute Gasteiger partial charge is 0.462 e. The maximum atomic E-state index is 11.1. The lowest BCUT2D eigenvalue weighted by molar-refractivity contribution is 0.0545. The molecule has 0 aliphatic carbocycles. The zero-order valence-electron chi connectivity index (χ0n) is 8.31. The van der Waals surface area contributed by atoms with Crippen LogP contribution in [0.4, 0.5) is 0 Å². The first-order chi connectivity index (χ1) is 7.72. The average molecular weight is 239 g/mol. The molecule has 5 nitrogen and oxygen atoms in total.